The second-order valence-electron chi connectivity index (χ2n) is 8.07. The van der Waals surface area contributed by atoms with Crippen LogP contribution in [0.5, 0.6) is 0 Å². The molecule has 1 heterocycles. The van der Waals surface area contributed by atoms with Crippen LogP contribution in [-0.4, -0.2) is 37.1 Å². The molecule has 1 N–H and O–H groups in total. The van der Waals surface area contributed by atoms with Gasteiger partial charge in [-0.2, -0.15) is 0 Å². The van der Waals surface area contributed by atoms with E-state index in [2.05, 4.69) is 17.1 Å². The van der Waals surface area contributed by atoms with Crippen LogP contribution in [0.1, 0.15) is 77.6 Å². The van der Waals surface area contributed by atoms with Gasteiger partial charge in [0.05, 0.1) is 0 Å². The molecule has 3 aliphatic rings. The molecule has 0 aromatic rings. The van der Waals surface area contributed by atoms with E-state index in [1.807, 2.05) is 0 Å². The molecule has 0 aromatic carbocycles. The van der Waals surface area contributed by atoms with Crippen LogP contribution in [0.3, 0.4) is 0 Å². The van der Waals surface area contributed by atoms with Crippen LogP contribution in [0.25, 0.3) is 0 Å². The van der Waals surface area contributed by atoms with Crippen molar-refractivity contribution < 1.29 is 0 Å². The number of nitrogens with one attached hydrogen (secondary N) is 1. The molecule has 0 bridgehead atoms. The van der Waals surface area contributed by atoms with Gasteiger partial charge in [0.15, 0.2) is 0 Å². The van der Waals surface area contributed by atoms with Crippen molar-refractivity contribution in [3.05, 3.63) is 0 Å². The molecule has 0 radical (unpaired) electrons. The molecular formula is C19H36N2. The molecule has 2 aliphatic carbocycles. The Morgan fingerprint density at radius 3 is 2.24 bits per heavy atom. The van der Waals surface area contributed by atoms with Gasteiger partial charge < -0.3 is 10.2 Å². The summed E-state index contributed by atoms with van der Waals surface area (Å²) < 4.78 is 0. The van der Waals surface area contributed by atoms with Crippen molar-refractivity contribution >= 4 is 0 Å². The fourth-order valence-corrected chi connectivity index (χ4v) is 5.29. The second kappa shape index (κ2) is 7.46. The summed E-state index contributed by atoms with van der Waals surface area (Å²) in [7, 11) is 0. The lowest BCUT2D eigenvalue weighted by molar-refractivity contribution is 0.0588. The Morgan fingerprint density at radius 1 is 0.952 bits per heavy atom. The van der Waals surface area contributed by atoms with E-state index in [1.54, 1.807) is 0 Å². The maximum Gasteiger partial charge on any atom is 0.0223 e. The molecule has 1 unspecified atom stereocenters. The SMILES string of the molecule is CCNC(CN1CCC2(CCCCC2)CC1)C1CCCC1. The first-order valence-corrected chi connectivity index (χ1v) is 9.77. The Labute approximate surface area is 132 Å². The zero-order chi connectivity index (χ0) is 14.5. The number of likely N-dealkylation sites (tertiary alicyclic amines) is 1. The standard InChI is InChI=1S/C19H36N2/c1-2-20-18(17-8-4-5-9-17)16-21-14-12-19(13-15-21)10-6-3-7-11-19/h17-18,20H,2-16H2,1H3. The summed E-state index contributed by atoms with van der Waals surface area (Å²) >= 11 is 0. The minimum Gasteiger partial charge on any atom is -0.313 e. The highest BCUT2D eigenvalue weighted by molar-refractivity contribution is 4.90. The van der Waals surface area contributed by atoms with Gasteiger partial charge in [-0.05, 0) is 69.5 Å². The van der Waals surface area contributed by atoms with Gasteiger partial charge >= 0.3 is 0 Å². The smallest absolute Gasteiger partial charge is 0.0223 e. The molecular weight excluding hydrogens is 256 g/mol. The molecule has 1 spiro atoms. The van der Waals surface area contributed by atoms with E-state index in [1.165, 1.54) is 90.3 Å². The predicted molar refractivity (Wildman–Crippen MR) is 90.6 cm³/mol. The van der Waals surface area contributed by atoms with Crippen LogP contribution in [0.2, 0.25) is 0 Å². The Hall–Kier alpha value is -0.0800. The molecule has 2 heteroatoms. The molecule has 2 saturated carbocycles. The van der Waals surface area contributed by atoms with Gasteiger partial charge in [0.2, 0.25) is 0 Å². The number of hydrogen-bond acceptors (Lipinski definition) is 2. The van der Waals surface area contributed by atoms with Crippen LogP contribution in [-0.2, 0) is 0 Å². The second-order valence-corrected chi connectivity index (χ2v) is 8.07. The highest BCUT2D eigenvalue weighted by atomic mass is 15.2. The van der Waals surface area contributed by atoms with E-state index in [-0.39, 0.29) is 0 Å². The average molecular weight is 293 g/mol. The molecule has 3 rings (SSSR count). The minimum atomic E-state index is 0.760. The maximum absolute atomic E-state index is 3.80. The predicted octanol–water partition coefficient (Wildman–Crippen LogP) is 4.20. The Kier molecular flexibility index (Phi) is 5.61. The lowest BCUT2D eigenvalue weighted by Gasteiger charge is -2.45. The van der Waals surface area contributed by atoms with Crippen molar-refractivity contribution in [2.75, 3.05) is 26.2 Å². The highest BCUT2D eigenvalue weighted by Gasteiger charge is 2.36. The van der Waals surface area contributed by atoms with E-state index < -0.39 is 0 Å². The fourth-order valence-electron chi connectivity index (χ4n) is 5.29. The number of nitrogens with zero attached hydrogens (tertiary/aromatic N) is 1. The summed E-state index contributed by atoms with van der Waals surface area (Å²) in [6.45, 7) is 7.46. The number of hydrogen-bond donors (Lipinski definition) is 1. The number of rotatable bonds is 5. The first-order chi connectivity index (χ1) is 10.3. The third-order valence-electron chi connectivity index (χ3n) is 6.72. The molecule has 2 nitrogen and oxygen atoms in total. The van der Waals surface area contributed by atoms with Crippen LogP contribution >= 0.6 is 0 Å². The molecule has 1 aliphatic heterocycles. The summed E-state index contributed by atoms with van der Waals surface area (Å²) in [5, 5.41) is 3.80. The van der Waals surface area contributed by atoms with E-state index in [0.29, 0.717) is 0 Å². The largest absolute Gasteiger partial charge is 0.313 e. The zero-order valence-corrected chi connectivity index (χ0v) is 14.2. The summed E-state index contributed by atoms with van der Waals surface area (Å²) in [6, 6.07) is 0.762. The van der Waals surface area contributed by atoms with Gasteiger partial charge in [0, 0.05) is 12.6 Å². The first-order valence-electron chi connectivity index (χ1n) is 9.77. The molecule has 3 fully saturated rings. The van der Waals surface area contributed by atoms with Gasteiger partial charge in [-0.25, -0.2) is 0 Å². The normalized spacial score (nSPS) is 29.0. The topological polar surface area (TPSA) is 15.3 Å². The molecule has 21 heavy (non-hydrogen) atoms. The Balaban J connectivity index is 1.48. The van der Waals surface area contributed by atoms with Crippen LogP contribution in [0, 0.1) is 11.3 Å². The van der Waals surface area contributed by atoms with Crippen LogP contribution in [0.4, 0.5) is 0 Å². The summed E-state index contributed by atoms with van der Waals surface area (Å²) in [5.41, 5.74) is 0.760. The molecule has 1 atom stereocenters. The lowest BCUT2D eigenvalue weighted by Crippen LogP contribution is -2.49. The quantitative estimate of drug-likeness (QED) is 0.817. The van der Waals surface area contributed by atoms with Crippen molar-refractivity contribution in [1.29, 1.82) is 0 Å². The average Bonchev–Trinajstić information content (AvgIpc) is 3.04. The van der Waals surface area contributed by atoms with E-state index in [9.17, 15) is 0 Å². The van der Waals surface area contributed by atoms with Crippen molar-refractivity contribution in [3.8, 4) is 0 Å². The molecule has 0 aromatic heterocycles. The van der Waals surface area contributed by atoms with Crippen LogP contribution < -0.4 is 5.32 Å². The fraction of sp³-hybridized carbons (Fsp3) is 1.00. The molecule has 1 saturated heterocycles. The van der Waals surface area contributed by atoms with Crippen molar-refractivity contribution in [3.63, 3.8) is 0 Å². The van der Waals surface area contributed by atoms with Crippen LogP contribution in [0.15, 0.2) is 0 Å². The van der Waals surface area contributed by atoms with E-state index in [4.69, 9.17) is 0 Å². The Bertz CT molecular complexity index is 293. The monoisotopic (exact) mass is 292 g/mol. The Morgan fingerprint density at radius 2 is 1.62 bits per heavy atom. The van der Waals surface area contributed by atoms with Crippen molar-refractivity contribution in [2.45, 2.75) is 83.6 Å². The van der Waals surface area contributed by atoms with E-state index in [0.717, 1.165) is 23.9 Å². The molecule has 122 valence electrons. The number of likely N-dealkylation sites (N-methyl/N-ethyl adjacent to an activating group) is 1. The highest BCUT2D eigenvalue weighted by Crippen LogP contribution is 2.44. The van der Waals surface area contributed by atoms with Gasteiger partial charge in [-0.3, -0.25) is 0 Å². The molecule has 0 amide bonds. The number of piperidine rings is 1. The third-order valence-corrected chi connectivity index (χ3v) is 6.72. The van der Waals surface area contributed by atoms with Crippen molar-refractivity contribution in [2.24, 2.45) is 11.3 Å². The first kappa shape index (κ1) is 15.8. The van der Waals surface area contributed by atoms with Crippen molar-refractivity contribution in [1.82, 2.24) is 10.2 Å². The van der Waals surface area contributed by atoms with E-state index >= 15 is 0 Å². The minimum absolute atomic E-state index is 0.760. The van der Waals surface area contributed by atoms with Gasteiger partial charge in [0.25, 0.3) is 0 Å². The zero-order valence-electron chi connectivity index (χ0n) is 14.2. The van der Waals surface area contributed by atoms with Gasteiger partial charge in [-0.1, -0.05) is 39.0 Å². The summed E-state index contributed by atoms with van der Waals surface area (Å²) in [6.07, 6.45) is 16.4. The van der Waals surface area contributed by atoms with Gasteiger partial charge in [-0.15, -0.1) is 0 Å². The maximum atomic E-state index is 3.80. The van der Waals surface area contributed by atoms with Gasteiger partial charge in [0.1, 0.15) is 0 Å². The summed E-state index contributed by atoms with van der Waals surface area (Å²) in [5.74, 6) is 0.954. The lowest BCUT2D eigenvalue weighted by atomic mass is 9.68. The summed E-state index contributed by atoms with van der Waals surface area (Å²) in [4.78, 5) is 2.78. The third kappa shape index (κ3) is 4.01.